The Morgan fingerprint density at radius 3 is 2.66 bits per heavy atom. The number of anilines is 1. The van der Waals surface area contributed by atoms with E-state index in [0.717, 1.165) is 16.8 Å². The highest BCUT2D eigenvalue weighted by Crippen LogP contribution is 2.17. The first-order chi connectivity index (χ1) is 14.2. The number of rotatable bonds is 7. The summed E-state index contributed by atoms with van der Waals surface area (Å²) in [5.41, 5.74) is 8.98. The van der Waals surface area contributed by atoms with E-state index in [4.69, 9.17) is 15.7 Å². The summed E-state index contributed by atoms with van der Waals surface area (Å²) in [6.07, 6.45) is 5.64. The van der Waals surface area contributed by atoms with E-state index in [-0.39, 0.29) is 6.61 Å². The van der Waals surface area contributed by atoms with Crippen molar-refractivity contribution in [3.63, 3.8) is 0 Å². The number of nitrogens with two attached hydrogens (primary N) is 1. The number of benzene rings is 2. The summed E-state index contributed by atoms with van der Waals surface area (Å²) in [5.74, 6) is 0.320. The lowest BCUT2D eigenvalue weighted by atomic mass is 10.2. The molecule has 3 rings (SSSR count). The summed E-state index contributed by atoms with van der Waals surface area (Å²) in [6, 6.07) is 19.2. The van der Waals surface area contributed by atoms with Crippen molar-refractivity contribution in [1.82, 2.24) is 15.1 Å². The third-order valence-electron chi connectivity index (χ3n) is 4.17. The van der Waals surface area contributed by atoms with Crippen LogP contribution < -0.4 is 11.1 Å². The van der Waals surface area contributed by atoms with Crippen LogP contribution in [0, 0.1) is 11.3 Å². The predicted octanol–water partition coefficient (Wildman–Crippen LogP) is 3.66. The lowest BCUT2D eigenvalue weighted by Gasteiger charge is -2.06. The molecule has 0 bridgehead atoms. The maximum Gasteiger partial charge on any atom is 0.407 e. The summed E-state index contributed by atoms with van der Waals surface area (Å²) in [6.45, 7) is 0.744. The first-order valence-electron chi connectivity index (χ1n) is 9.12. The molecule has 0 aliphatic rings. The number of carbonyl (C=O) groups excluding carboxylic acids is 1. The topological polar surface area (TPSA) is 106 Å². The molecule has 0 saturated heterocycles. The van der Waals surface area contributed by atoms with E-state index in [1.807, 2.05) is 72.8 Å². The van der Waals surface area contributed by atoms with Crippen LogP contribution in [0.4, 0.5) is 10.6 Å². The van der Waals surface area contributed by atoms with Gasteiger partial charge in [-0.2, -0.15) is 10.4 Å². The number of hydrogen-bond donors (Lipinski definition) is 2. The van der Waals surface area contributed by atoms with Gasteiger partial charge in [0.25, 0.3) is 0 Å². The van der Waals surface area contributed by atoms with E-state index >= 15 is 0 Å². The van der Waals surface area contributed by atoms with Gasteiger partial charge < -0.3 is 15.8 Å². The Balaban J connectivity index is 1.42. The van der Waals surface area contributed by atoms with Crippen molar-refractivity contribution < 1.29 is 9.53 Å². The molecule has 0 aliphatic carbocycles. The third-order valence-corrected chi connectivity index (χ3v) is 4.17. The van der Waals surface area contributed by atoms with E-state index in [0.29, 0.717) is 24.3 Å². The van der Waals surface area contributed by atoms with Crippen molar-refractivity contribution in [3.05, 3.63) is 83.6 Å². The molecule has 0 aliphatic heterocycles. The van der Waals surface area contributed by atoms with Crippen LogP contribution in [0.1, 0.15) is 23.1 Å². The average Bonchev–Trinajstić information content (AvgIpc) is 3.13. The standard InChI is InChI=1S/C22H21N5O2/c23-14-19-15-26-27(21(19)24)20-11-9-17(10-12-20)6-4-5-13-25-22(28)29-16-18-7-2-1-3-8-18/h1-4,6-12,15H,5,13,16,24H2,(H,25,28). The summed E-state index contributed by atoms with van der Waals surface area (Å²) in [4.78, 5) is 11.7. The highest BCUT2D eigenvalue weighted by atomic mass is 16.5. The minimum atomic E-state index is -0.430. The van der Waals surface area contributed by atoms with E-state index in [1.165, 1.54) is 10.9 Å². The molecule has 0 atom stereocenters. The maximum absolute atomic E-state index is 11.7. The Morgan fingerprint density at radius 2 is 1.97 bits per heavy atom. The lowest BCUT2D eigenvalue weighted by Crippen LogP contribution is -2.24. The molecule has 1 aromatic heterocycles. The largest absolute Gasteiger partial charge is 0.445 e. The summed E-state index contributed by atoms with van der Waals surface area (Å²) < 4.78 is 6.68. The molecule has 3 aromatic rings. The van der Waals surface area contributed by atoms with E-state index in [1.54, 1.807) is 0 Å². The minimum Gasteiger partial charge on any atom is -0.445 e. The minimum absolute atomic E-state index is 0.255. The number of nitriles is 1. The van der Waals surface area contributed by atoms with Gasteiger partial charge in [-0.15, -0.1) is 0 Å². The Bertz CT molecular complexity index is 1020. The van der Waals surface area contributed by atoms with Crippen molar-refractivity contribution in [1.29, 1.82) is 5.26 Å². The molecular weight excluding hydrogens is 366 g/mol. The van der Waals surface area contributed by atoms with Gasteiger partial charge in [0.1, 0.15) is 24.1 Å². The second-order valence-corrected chi connectivity index (χ2v) is 6.24. The molecule has 0 saturated carbocycles. The van der Waals surface area contributed by atoms with Gasteiger partial charge in [0, 0.05) is 6.54 Å². The third kappa shape index (κ3) is 5.47. The molecule has 1 amide bonds. The number of nitrogen functional groups attached to an aromatic ring is 1. The fourth-order valence-electron chi connectivity index (χ4n) is 2.63. The number of amides is 1. The molecule has 3 N–H and O–H groups in total. The number of nitrogens with zero attached hydrogens (tertiary/aromatic N) is 3. The first kappa shape index (κ1) is 19.7. The lowest BCUT2D eigenvalue weighted by molar-refractivity contribution is 0.140. The molecule has 1 heterocycles. The number of ether oxygens (including phenoxy) is 1. The second-order valence-electron chi connectivity index (χ2n) is 6.24. The van der Waals surface area contributed by atoms with Crippen LogP contribution in [0.3, 0.4) is 0 Å². The molecule has 0 spiro atoms. The van der Waals surface area contributed by atoms with Crippen LogP contribution >= 0.6 is 0 Å². The highest BCUT2D eigenvalue weighted by molar-refractivity contribution is 5.67. The van der Waals surface area contributed by atoms with Gasteiger partial charge in [0.15, 0.2) is 0 Å². The predicted molar refractivity (Wildman–Crippen MR) is 111 cm³/mol. The molecule has 0 radical (unpaired) electrons. The Labute approximate surface area is 169 Å². The summed E-state index contributed by atoms with van der Waals surface area (Å²) in [7, 11) is 0. The van der Waals surface area contributed by atoms with Crippen molar-refractivity contribution >= 4 is 18.0 Å². The fraction of sp³-hybridized carbons (Fsp3) is 0.136. The quantitative estimate of drug-likeness (QED) is 0.602. The SMILES string of the molecule is N#Cc1cnn(-c2ccc(C=CCCNC(=O)OCc3ccccc3)cc2)c1N. The molecule has 146 valence electrons. The molecule has 7 nitrogen and oxygen atoms in total. The van der Waals surface area contributed by atoms with E-state index < -0.39 is 6.09 Å². The number of aromatic nitrogens is 2. The average molecular weight is 387 g/mol. The maximum atomic E-state index is 11.7. The van der Waals surface area contributed by atoms with Crippen LogP contribution in [0.5, 0.6) is 0 Å². The summed E-state index contributed by atoms with van der Waals surface area (Å²) >= 11 is 0. The molecule has 29 heavy (non-hydrogen) atoms. The number of carbonyl (C=O) groups is 1. The molecular formula is C22H21N5O2. The van der Waals surface area contributed by atoms with Crippen molar-refractivity contribution in [2.45, 2.75) is 13.0 Å². The van der Waals surface area contributed by atoms with Crippen LogP contribution in [0.25, 0.3) is 11.8 Å². The number of hydrogen-bond acceptors (Lipinski definition) is 5. The van der Waals surface area contributed by atoms with Gasteiger partial charge in [0.05, 0.1) is 11.9 Å². The zero-order valence-electron chi connectivity index (χ0n) is 15.8. The smallest absolute Gasteiger partial charge is 0.407 e. The van der Waals surface area contributed by atoms with Gasteiger partial charge in [-0.25, -0.2) is 9.48 Å². The van der Waals surface area contributed by atoms with Gasteiger partial charge >= 0.3 is 6.09 Å². The first-order valence-corrected chi connectivity index (χ1v) is 9.12. The van der Waals surface area contributed by atoms with Crippen molar-refractivity contribution in [2.75, 3.05) is 12.3 Å². The fourth-order valence-corrected chi connectivity index (χ4v) is 2.63. The van der Waals surface area contributed by atoms with Gasteiger partial charge in [-0.1, -0.05) is 54.6 Å². The Hall–Kier alpha value is -4.05. The van der Waals surface area contributed by atoms with Crippen LogP contribution in [-0.4, -0.2) is 22.4 Å². The number of nitrogens with one attached hydrogen (secondary N) is 1. The molecule has 0 fully saturated rings. The zero-order chi connectivity index (χ0) is 20.5. The molecule has 2 aromatic carbocycles. The monoisotopic (exact) mass is 387 g/mol. The summed E-state index contributed by atoms with van der Waals surface area (Å²) in [5, 5.41) is 15.8. The molecule has 0 unspecified atom stereocenters. The normalized spacial score (nSPS) is 10.6. The Kier molecular flexibility index (Phi) is 6.63. The van der Waals surface area contributed by atoms with Crippen LogP contribution in [-0.2, 0) is 11.3 Å². The molecule has 7 heteroatoms. The van der Waals surface area contributed by atoms with Crippen molar-refractivity contribution in [2.24, 2.45) is 0 Å². The van der Waals surface area contributed by atoms with Crippen molar-refractivity contribution in [3.8, 4) is 11.8 Å². The van der Waals surface area contributed by atoms with Crippen LogP contribution in [0.15, 0.2) is 66.9 Å². The van der Waals surface area contributed by atoms with Crippen LogP contribution in [0.2, 0.25) is 0 Å². The van der Waals surface area contributed by atoms with E-state index in [2.05, 4.69) is 10.4 Å². The van der Waals surface area contributed by atoms with Gasteiger partial charge in [-0.05, 0) is 29.7 Å². The zero-order valence-corrected chi connectivity index (χ0v) is 15.8. The number of alkyl carbamates (subject to hydrolysis) is 1. The van der Waals surface area contributed by atoms with Gasteiger partial charge in [0.2, 0.25) is 0 Å². The van der Waals surface area contributed by atoms with E-state index in [9.17, 15) is 4.79 Å². The van der Waals surface area contributed by atoms with Gasteiger partial charge in [-0.3, -0.25) is 0 Å². The highest BCUT2D eigenvalue weighted by Gasteiger charge is 2.07. The Morgan fingerprint density at radius 1 is 1.21 bits per heavy atom. The second kappa shape index (κ2) is 9.76.